The first-order chi connectivity index (χ1) is 8.83. The fourth-order valence-corrected chi connectivity index (χ4v) is 1.64. The second-order valence-corrected chi connectivity index (χ2v) is 5.86. The number of amides is 1. The Morgan fingerprint density at radius 2 is 2.11 bits per heavy atom. The van der Waals surface area contributed by atoms with Gasteiger partial charge in [0.05, 0.1) is 10.1 Å². The molecular weight excluding hydrogens is 310 g/mol. The van der Waals surface area contributed by atoms with Crippen molar-refractivity contribution in [3.05, 3.63) is 28.7 Å². The SMILES string of the molecule is CC(C)C(C)(O)CNC(=O)COc1ccccc1Br. The summed E-state index contributed by atoms with van der Waals surface area (Å²) in [6, 6.07) is 7.33. The number of aliphatic hydroxyl groups is 1. The molecule has 0 fully saturated rings. The molecule has 1 unspecified atom stereocenters. The first-order valence-electron chi connectivity index (χ1n) is 6.19. The molecular formula is C14H20BrNO3. The van der Waals surface area contributed by atoms with Crippen molar-refractivity contribution in [2.24, 2.45) is 5.92 Å². The van der Waals surface area contributed by atoms with Crippen LogP contribution in [0.4, 0.5) is 0 Å². The van der Waals surface area contributed by atoms with Crippen LogP contribution in [0.2, 0.25) is 0 Å². The van der Waals surface area contributed by atoms with E-state index in [9.17, 15) is 9.90 Å². The lowest BCUT2D eigenvalue weighted by molar-refractivity contribution is -0.124. The van der Waals surface area contributed by atoms with E-state index >= 15 is 0 Å². The summed E-state index contributed by atoms with van der Waals surface area (Å²) >= 11 is 3.34. The number of benzene rings is 1. The monoisotopic (exact) mass is 329 g/mol. The van der Waals surface area contributed by atoms with Gasteiger partial charge in [0.1, 0.15) is 5.75 Å². The van der Waals surface area contributed by atoms with Gasteiger partial charge in [-0.25, -0.2) is 0 Å². The zero-order chi connectivity index (χ0) is 14.5. The average Bonchev–Trinajstić information content (AvgIpc) is 2.35. The largest absolute Gasteiger partial charge is 0.483 e. The lowest BCUT2D eigenvalue weighted by atomic mass is 9.93. The molecule has 1 aromatic rings. The van der Waals surface area contributed by atoms with Crippen molar-refractivity contribution in [2.75, 3.05) is 13.2 Å². The highest BCUT2D eigenvalue weighted by atomic mass is 79.9. The molecule has 0 aliphatic carbocycles. The summed E-state index contributed by atoms with van der Waals surface area (Å²) < 4.78 is 6.19. The van der Waals surface area contributed by atoms with Crippen LogP contribution in [-0.2, 0) is 4.79 Å². The van der Waals surface area contributed by atoms with Gasteiger partial charge in [-0.15, -0.1) is 0 Å². The van der Waals surface area contributed by atoms with Crippen molar-refractivity contribution in [3.63, 3.8) is 0 Å². The predicted molar refractivity (Wildman–Crippen MR) is 78.1 cm³/mol. The highest BCUT2D eigenvalue weighted by Crippen LogP contribution is 2.23. The third kappa shape index (κ3) is 5.20. The summed E-state index contributed by atoms with van der Waals surface area (Å²) in [7, 11) is 0. The van der Waals surface area contributed by atoms with Crippen LogP contribution in [-0.4, -0.2) is 29.8 Å². The molecule has 0 bridgehead atoms. The number of hydrogen-bond donors (Lipinski definition) is 2. The molecule has 1 aromatic carbocycles. The lowest BCUT2D eigenvalue weighted by Gasteiger charge is -2.27. The minimum Gasteiger partial charge on any atom is -0.483 e. The molecule has 4 nitrogen and oxygen atoms in total. The summed E-state index contributed by atoms with van der Waals surface area (Å²) in [4.78, 5) is 11.6. The molecule has 0 saturated carbocycles. The first kappa shape index (κ1) is 16.0. The number of hydrogen-bond acceptors (Lipinski definition) is 3. The Balaban J connectivity index is 2.39. The summed E-state index contributed by atoms with van der Waals surface area (Å²) in [6.07, 6.45) is 0. The molecule has 1 rings (SSSR count). The summed E-state index contributed by atoms with van der Waals surface area (Å²) in [6.45, 7) is 5.65. The quantitative estimate of drug-likeness (QED) is 0.842. The van der Waals surface area contributed by atoms with E-state index in [0.29, 0.717) is 5.75 Å². The van der Waals surface area contributed by atoms with Crippen molar-refractivity contribution in [1.29, 1.82) is 0 Å². The van der Waals surface area contributed by atoms with Crippen LogP contribution < -0.4 is 10.1 Å². The van der Waals surface area contributed by atoms with Crippen molar-refractivity contribution >= 4 is 21.8 Å². The molecule has 0 heterocycles. The molecule has 0 aromatic heterocycles. The van der Waals surface area contributed by atoms with Gasteiger partial charge in [-0.1, -0.05) is 26.0 Å². The van der Waals surface area contributed by atoms with Gasteiger partial charge in [-0.2, -0.15) is 0 Å². The Labute approximate surface area is 122 Å². The van der Waals surface area contributed by atoms with E-state index in [0.717, 1.165) is 4.47 Å². The molecule has 0 aliphatic heterocycles. The Hall–Kier alpha value is -1.07. The van der Waals surface area contributed by atoms with Crippen molar-refractivity contribution in [3.8, 4) is 5.75 Å². The first-order valence-corrected chi connectivity index (χ1v) is 6.98. The maximum absolute atomic E-state index is 11.6. The molecule has 19 heavy (non-hydrogen) atoms. The van der Waals surface area contributed by atoms with Crippen LogP contribution in [0.25, 0.3) is 0 Å². The Morgan fingerprint density at radius 3 is 2.68 bits per heavy atom. The van der Waals surface area contributed by atoms with Crippen LogP contribution in [0.1, 0.15) is 20.8 Å². The zero-order valence-corrected chi connectivity index (χ0v) is 13.0. The van der Waals surface area contributed by atoms with E-state index in [1.165, 1.54) is 0 Å². The molecule has 106 valence electrons. The number of carbonyl (C=O) groups excluding carboxylic acids is 1. The van der Waals surface area contributed by atoms with E-state index < -0.39 is 5.60 Å². The average molecular weight is 330 g/mol. The van der Waals surface area contributed by atoms with Crippen molar-refractivity contribution in [1.82, 2.24) is 5.32 Å². The maximum Gasteiger partial charge on any atom is 0.258 e. The van der Waals surface area contributed by atoms with Gasteiger partial charge in [-0.05, 0) is 40.9 Å². The third-order valence-electron chi connectivity index (χ3n) is 3.08. The zero-order valence-electron chi connectivity index (χ0n) is 11.4. The number of halogens is 1. The summed E-state index contributed by atoms with van der Waals surface area (Å²) in [5, 5.41) is 12.7. The standard InChI is InChI=1S/C14H20BrNO3/c1-10(2)14(3,18)9-16-13(17)8-19-12-7-5-4-6-11(12)15/h4-7,10,18H,8-9H2,1-3H3,(H,16,17). The number of carbonyl (C=O) groups is 1. The minimum absolute atomic E-state index is 0.0667. The molecule has 0 saturated heterocycles. The number of rotatable bonds is 6. The number of nitrogens with one attached hydrogen (secondary N) is 1. The third-order valence-corrected chi connectivity index (χ3v) is 3.74. The van der Waals surface area contributed by atoms with E-state index in [1.54, 1.807) is 13.0 Å². The van der Waals surface area contributed by atoms with Gasteiger partial charge in [0.15, 0.2) is 6.61 Å². The van der Waals surface area contributed by atoms with Crippen molar-refractivity contribution in [2.45, 2.75) is 26.4 Å². The highest BCUT2D eigenvalue weighted by Gasteiger charge is 2.25. The van der Waals surface area contributed by atoms with Gasteiger partial charge >= 0.3 is 0 Å². The Morgan fingerprint density at radius 1 is 1.47 bits per heavy atom. The molecule has 2 N–H and O–H groups in total. The predicted octanol–water partition coefficient (Wildman–Crippen LogP) is 2.35. The van der Waals surface area contributed by atoms with E-state index in [2.05, 4.69) is 21.2 Å². The van der Waals surface area contributed by atoms with Gasteiger partial charge in [-0.3, -0.25) is 4.79 Å². The van der Waals surface area contributed by atoms with Crippen LogP contribution >= 0.6 is 15.9 Å². The maximum atomic E-state index is 11.6. The van der Waals surface area contributed by atoms with Crippen LogP contribution in [0.15, 0.2) is 28.7 Å². The summed E-state index contributed by atoms with van der Waals surface area (Å²) in [5.41, 5.74) is -0.914. The molecule has 1 atom stereocenters. The number of ether oxygens (including phenoxy) is 1. The minimum atomic E-state index is -0.914. The topological polar surface area (TPSA) is 58.6 Å². The molecule has 1 amide bonds. The van der Waals surface area contributed by atoms with Crippen LogP contribution in [0.3, 0.4) is 0 Å². The van der Waals surface area contributed by atoms with Gasteiger partial charge < -0.3 is 15.2 Å². The normalized spacial score (nSPS) is 14.0. The molecule has 5 heteroatoms. The van der Waals surface area contributed by atoms with Gasteiger partial charge in [0.25, 0.3) is 5.91 Å². The molecule has 0 aliphatic rings. The molecule has 0 radical (unpaired) electrons. The fourth-order valence-electron chi connectivity index (χ4n) is 1.24. The van der Waals surface area contributed by atoms with Gasteiger partial charge in [0, 0.05) is 6.54 Å². The lowest BCUT2D eigenvalue weighted by Crippen LogP contribution is -2.45. The summed E-state index contributed by atoms with van der Waals surface area (Å²) in [5.74, 6) is 0.432. The second-order valence-electron chi connectivity index (χ2n) is 5.01. The Bertz CT molecular complexity index is 432. The van der Waals surface area contributed by atoms with E-state index in [1.807, 2.05) is 32.0 Å². The van der Waals surface area contributed by atoms with E-state index in [-0.39, 0.29) is 25.0 Å². The molecule has 0 spiro atoms. The van der Waals surface area contributed by atoms with Crippen LogP contribution in [0, 0.1) is 5.92 Å². The second kappa shape index (κ2) is 6.91. The fraction of sp³-hybridized carbons (Fsp3) is 0.500. The highest BCUT2D eigenvalue weighted by molar-refractivity contribution is 9.10. The smallest absolute Gasteiger partial charge is 0.258 e. The van der Waals surface area contributed by atoms with Crippen LogP contribution in [0.5, 0.6) is 5.75 Å². The number of para-hydroxylation sites is 1. The van der Waals surface area contributed by atoms with Gasteiger partial charge in [0.2, 0.25) is 0 Å². The van der Waals surface area contributed by atoms with E-state index in [4.69, 9.17) is 4.74 Å². The Kier molecular flexibility index (Phi) is 5.82. The van der Waals surface area contributed by atoms with Crippen molar-refractivity contribution < 1.29 is 14.6 Å².